The first kappa shape index (κ1) is 39.6. The van der Waals surface area contributed by atoms with E-state index in [2.05, 4.69) is 20.8 Å². The lowest BCUT2D eigenvalue weighted by Crippen LogP contribution is -2.30. The molecule has 6 unspecified atom stereocenters. The van der Waals surface area contributed by atoms with Crippen LogP contribution in [0.2, 0.25) is 0 Å². The van der Waals surface area contributed by atoms with E-state index < -0.39 is 42.8 Å². The van der Waals surface area contributed by atoms with Crippen LogP contribution < -0.4 is 0 Å². The fourth-order valence-corrected chi connectivity index (χ4v) is 10.1. The van der Waals surface area contributed by atoms with Gasteiger partial charge in [-0.3, -0.25) is 14.4 Å². The number of aliphatic carboxylic acids is 3. The molecule has 7 nitrogen and oxygen atoms in total. The molecule has 0 amide bonds. The molecule has 0 fully saturated rings. The molecule has 0 aliphatic heterocycles. The molecule has 0 spiro atoms. The van der Waals surface area contributed by atoms with Crippen molar-refractivity contribution in [3.63, 3.8) is 0 Å². The van der Waals surface area contributed by atoms with Gasteiger partial charge in [-0.2, -0.15) is 0 Å². The molecule has 0 aliphatic carbocycles. The van der Waals surface area contributed by atoms with Crippen LogP contribution in [0.4, 0.5) is 0 Å². The second kappa shape index (κ2) is 22.2. The predicted octanol–water partition coefficient (Wildman–Crippen LogP) is 9.27. The molecule has 242 valence electrons. The molecule has 0 radical (unpaired) electrons. The first-order chi connectivity index (χ1) is 19.4. The summed E-state index contributed by atoms with van der Waals surface area (Å²) in [5.74, 6) is -5.07. The molecule has 0 bridgehead atoms. The Morgan fingerprint density at radius 3 is 0.927 bits per heavy atom. The van der Waals surface area contributed by atoms with Crippen molar-refractivity contribution in [3.8, 4) is 0 Å². The van der Waals surface area contributed by atoms with E-state index in [9.17, 15) is 34.3 Å². The lowest BCUT2D eigenvalue weighted by atomic mass is 9.89. The van der Waals surface area contributed by atoms with Crippen LogP contribution in [0.5, 0.6) is 0 Å². The zero-order valence-electron chi connectivity index (χ0n) is 27.1. The van der Waals surface area contributed by atoms with Crippen LogP contribution in [-0.4, -0.2) is 51.7 Å². The smallest absolute Gasteiger partial charge is 0.306 e. The Labute approximate surface area is 251 Å². The fraction of sp³-hybridized carbons (Fsp3) is 0.909. The maximum absolute atomic E-state index is 14.8. The van der Waals surface area contributed by atoms with Gasteiger partial charge in [-0.25, -0.2) is 0 Å². The third-order valence-electron chi connectivity index (χ3n) is 9.19. The molecule has 0 saturated heterocycles. The summed E-state index contributed by atoms with van der Waals surface area (Å²) in [7, 11) is -3.47. The van der Waals surface area contributed by atoms with Gasteiger partial charge in [0.2, 0.25) is 0 Å². The number of hydrogen-bond donors (Lipinski definition) is 3. The molecule has 41 heavy (non-hydrogen) atoms. The molecule has 0 rings (SSSR count). The predicted molar refractivity (Wildman–Crippen MR) is 169 cm³/mol. The van der Waals surface area contributed by atoms with Crippen molar-refractivity contribution < 1.29 is 34.3 Å². The number of rotatable bonds is 27. The van der Waals surface area contributed by atoms with Crippen LogP contribution in [0.1, 0.15) is 138 Å². The van der Waals surface area contributed by atoms with Crippen LogP contribution in [0, 0.1) is 35.5 Å². The molecule has 0 aromatic carbocycles. The maximum atomic E-state index is 14.8. The highest BCUT2D eigenvalue weighted by Gasteiger charge is 2.40. The third kappa shape index (κ3) is 16.8. The summed E-state index contributed by atoms with van der Waals surface area (Å²) >= 11 is 0. The Bertz CT molecular complexity index is 684. The number of hydrogen-bond acceptors (Lipinski definition) is 4. The average Bonchev–Trinajstić information content (AvgIpc) is 2.93. The maximum Gasteiger partial charge on any atom is 0.306 e. The summed E-state index contributed by atoms with van der Waals surface area (Å²) in [6.45, 7) is 12.4. The molecule has 0 saturated carbocycles. The summed E-state index contributed by atoms with van der Waals surface area (Å²) in [6, 6.07) is 0. The van der Waals surface area contributed by atoms with Gasteiger partial charge in [0, 0.05) is 18.5 Å². The van der Waals surface area contributed by atoms with Crippen molar-refractivity contribution >= 4 is 25.0 Å². The van der Waals surface area contributed by atoms with Gasteiger partial charge in [0.25, 0.3) is 0 Å². The summed E-state index contributed by atoms with van der Waals surface area (Å²) in [5, 5.41) is 30.6. The van der Waals surface area contributed by atoms with Crippen molar-refractivity contribution in [2.75, 3.05) is 18.5 Å². The number of unbranched alkanes of at least 4 members (excludes halogenated alkanes) is 3. The molecule has 0 aromatic heterocycles. The van der Waals surface area contributed by atoms with Gasteiger partial charge in [-0.1, -0.05) is 119 Å². The van der Waals surface area contributed by atoms with Crippen molar-refractivity contribution in [1.29, 1.82) is 0 Å². The zero-order chi connectivity index (χ0) is 31.4. The van der Waals surface area contributed by atoms with Gasteiger partial charge in [-0.05, 0) is 37.0 Å². The minimum atomic E-state index is -3.47. The van der Waals surface area contributed by atoms with E-state index in [0.29, 0.717) is 19.3 Å². The molecular weight excluding hydrogens is 539 g/mol. The van der Waals surface area contributed by atoms with Crippen LogP contribution >= 0.6 is 7.14 Å². The van der Waals surface area contributed by atoms with E-state index in [1.165, 1.54) is 0 Å². The molecule has 3 N–H and O–H groups in total. The standard InChI is InChI=1S/C33H63O7P/c1-7-13-16-25(10-4)19-28(31(34)35)22-41(40,23-29(32(36)37)20-26(11-5)17-14-8-2)24-30(33(38)39)21-27(12-6)18-15-9-3/h25-30H,7-24H2,1-6H3,(H,34,35)(H,36,37)(H,38,39). The molecule has 8 heteroatoms. The van der Waals surface area contributed by atoms with Gasteiger partial charge < -0.3 is 19.9 Å². The summed E-state index contributed by atoms with van der Waals surface area (Å²) in [5.41, 5.74) is 0. The Morgan fingerprint density at radius 1 is 0.512 bits per heavy atom. The van der Waals surface area contributed by atoms with Crippen molar-refractivity contribution in [2.24, 2.45) is 35.5 Å². The normalized spacial score (nSPS) is 17.6. The SMILES string of the molecule is CCCCC(CC)CC(CP(=O)(CC(CC(CC)CCCC)C(=O)O)CC(CC(CC)CCCC)C(=O)O)C(=O)O. The second-order valence-corrected chi connectivity index (χ2v) is 15.9. The number of carboxylic acids is 3. The minimum Gasteiger partial charge on any atom is -0.481 e. The van der Waals surface area contributed by atoms with E-state index in [4.69, 9.17) is 0 Å². The minimum absolute atomic E-state index is 0.115. The van der Waals surface area contributed by atoms with E-state index in [-0.39, 0.29) is 36.2 Å². The highest BCUT2D eigenvalue weighted by atomic mass is 31.2. The lowest BCUT2D eigenvalue weighted by Gasteiger charge is -2.30. The van der Waals surface area contributed by atoms with Crippen LogP contribution in [-0.2, 0) is 18.9 Å². The average molecular weight is 603 g/mol. The Morgan fingerprint density at radius 2 is 0.756 bits per heavy atom. The second-order valence-electron chi connectivity index (χ2n) is 12.7. The molecule has 0 aromatic rings. The third-order valence-corrected chi connectivity index (χ3v) is 12.5. The fourth-order valence-electron chi connectivity index (χ4n) is 6.34. The molecular formula is C33H63O7P. The van der Waals surface area contributed by atoms with Gasteiger partial charge in [0.05, 0.1) is 24.9 Å². The number of carbonyl (C=O) groups is 3. The summed E-state index contributed by atoms with van der Waals surface area (Å²) in [4.78, 5) is 37.4. The van der Waals surface area contributed by atoms with Crippen LogP contribution in [0.3, 0.4) is 0 Å². The van der Waals surface area contributed by atoms with E-state index in [1.54, 1.807) is 0 Å². The Balaban J connectivity index is 6.34. The topological polar surface area (TPSA) is 129 Å². The van der Waals surface area contributed by atoms with E-state index >= 15 is 0 Å². The summed E-state index contributed by atoms with van der Waals surface area (Å²) < 4.78 is 14.8. The highest BCUT2D eigenvalue weighted by Crippen LogP contribution is 2.53. The first-order valence-electron chi connectivity index (χ1n) is 16.6. The van der Waals surface area contributed by atoms with Crippen molar-refractivity contribution in [2.45, 2.75) is 138 Å². The quantitative estimate of drug-likeness (QED) is 0.0799. The van der Waals surface area contributed by atoms with Gasteiger partial charge in [-0.15, -0.1) is 0 Å². The molecule has 0 heterocycles. The monoisotopic (exact) mass is 602 g/mol. The van der Waals surface area contributed by atoms with Crippen LogP contribution in [0.25, 0.3) is 0 Å². The van der Waals surface area contributed by atoms with Crippen molar-refractivity contribution in [3.05, 3.63) is 0 Å². The lowest BCUT2D eigenvalue weighted by molar-refractivity contribution is -0.142. The zero-order valence-corrected chi connectivity index (χ0v) is 28.0. The Kier molecular flexibility index (Phi) is 21.5. The first-order valence-corrected chi connectivity index (χ1v) is 18.9. The highest BCUT2D eigenvalue weighted by molar-refractivity contribution is 7.64. The largest absolute Gasteiger partial charge is 0.481 e. The molecule has 0 aliphatic rings. The molecule has 6 atom stereocenters. The summed E-state index contributed by atoms with van der Waals surface area (Å²) in [6.07, 6.45) is 12.1. The van der Waals surface area contributed by atoms with E-state index in [1.807, 2.05) is 20.8 Å². The van der Waals surface area contributed by atoms with Gasteiger partial charge in [0.15, 0.2) is 0 Å². The van der Waals surface area contributed by atoms with Gasteiger partial charge >= 0.3 is 17.9 Å². The van der Waals surface area contributed by atoms with Gasteiger partial charge in [0.1, 0.15) is 0 Å². The van der Waals surface area contributed by atoms with Crippen LogP contribution in [0.15, 0.2) is 0 Å². The number of carboxylic acid groups (broad SMARTS) is 3. The van der Waals surface area contributed by atoms with Crippen molar-refractivity contribution in [1.82, 2.24) is 0 Å². The Hall–Kier alpha value is -1.36. The van der Waals surface area contributed by atoms with E-state index in [0.717, 1.165) is 77.0 Å².